The second-order valence-corrected chi connectivity index (χ2v) is 4.71. The SMILES string of the molecule is O=C(CCC1CC1)c1cncc(Br)c1. The van der Waals surface area contributed by atoms with Crippen molar-refractivity contribution < 1.29 is 4.79 Å². The van der Waals surface area contributed by atoms with Gasteiger partial charge in [-0.3, -0.25) is 9.78 Å². The molecule has 1 aliphatic rings. The van der Waals surface area contributed by atoms with E-state index in [9.17, 15) is 4.79 Å². The van der Waals surface area contributed by atoms with E-state index in [1.165, 1.54) is 12.8 Å². The zero-order chi connectivity index (χ0) is 9.97. The van der Waals surface area contributed by atoms with E-state index >= 15 is 0 Å². The van der Waals surface area contributed by atoms with Crippen LogP contribution in [0.2, 0.25) is 0 Å². The summed E-state index contributed by atoms with van der Waals surface area (Å²) in [5.74, 6) is 1.03. The molecule has 0 aliphatic heterocycles. The van der Waals surface area contributed by atoms with Gasteiger partial charge in [-0.1, -0.05) is 12.8 Å². The van der Waals surface area contributed by atoms with Crippen LogP contribution in [0.15, 0.2) is 22.9 Å². The Morgan fingerprint density at radius 1 is 1.50 bits per heavy atom. The quantitative estimate of drug-likeness (QED) is 0.772. The number of nitrogens with zero attached hydrogens (tertiary/aromatic N) is 1. The van der Waals surface area contributed by atoms with Gasteiger partial charge in [-0.05, 0) is 34.3 Å². The van der Waals surface area contributed by atoms with E-state index in [1.54, 1.807) is 12.4 Å². The van der Waals surface area contributed by atoms with Crippen LogP contribution < -0.4 is 0 Å². The summed E-state index contributed by atoms with van der Waals surface area (Å²) in [6.07, 6.45) is 7.67. The predicted molar refractivity (Wildman–Crippen MR) is 58.2 cm³/mol. The molecule has 0 unspecified atom stereocenters. The van der Waals surface area contributed by atoms with E-state index in [1.807, 2.05) is 6.07 Å². The smallest absolute Gasteiger partial charge is 0.164 e. The molecule has 0 radical (unpaired) electrons. The van der Waals surface area contributed by atoms with Crippen molar-refractivity contribution in [2.75, 3.05) is 0 Å². The van der Waals surface area contributed by atoms with E-state index in [0.29, 0.717) is 6.42 Å². The Morgan fingerprint density at radius 3 is 2.93 bits per heavy atom. The highest BCUT2D eigenvalue weighted by atomic mass is 79.9. The van der Waals surface area contributed by atoms with E-state index < -0.39 is 0 Å². The third-order valence-corrected chi connectivity index (χ3v) is 2.94. The molecular weight excluding hydrogens is 242 g/mol. The highest BCUT2D eigenvalue weighted by Crippen LogP contribution is 2.33. The summed E-state index contributed by atoms with van der Waals surface area (Å²) >= 11 is 3.31. The van der Waals surface area contributed by atoms with Gasteiger partial charge in [0, 0.05) is 28.9 Å². The maximum Gasteiger partial charge on any atom is 0.164 e. The van der Waals surface area contributed by atoms with Crippen LogP contribution in [0.5, 0.6) is 0 Å². The van der Waals surface area contributed by atoms with E-state index in [2.05, 4.69) is 20.9 Å². The minimum atomic E-state index is 0.214. The molecule has 74 valence electrons. The van der Waals surface area contributed by atoms with Crippen molar-refractivity contribution in [1.82, 2.24) is 4.98 Å². The van der Waals surface area contributed by atoms with Crippen LogP contribution in [0.25, 0.3) is 0 Å². The van der Waals surface area contributed by atoms with Gasteiger partial charge in [-0.15, -0.1) is 0 Å². The molecule has 1 aromatic rings. The van der Waals surface area contributed by atoms with Crippen LogP contribution in [-0.2, 0) is 0 Å². The lowest BCUT2D eigenvalue weighted by Gasteiger charge is -1.99. The molecule has 0 aromatic carbocycles. The fraction of sp³-hybridized carbons (Fsp3) is 0.455. The molecule has 0 amide bonds. The van der Waals surface area contributed by atoms with Crippen molar-refractivity contribution in [2.45, 2.75) is 25.7 Å². The molecule has 1 aromatic heterocycles. The molecular formula is C11H12BrNO. The van der Waals surface area contributed by atoms with Crippen molar-refractivity contribution in [3.63, 3.8) is 0 Å². The molecule has 0 bridgehead atoms. The third kappa shape index (κ3) is 2.64. The number of aromatic nitrogens is 1. The Bertz CT molecular complexity index is 347. The van der Waals surface area contributed by atoms with E-state index in [0.717, 1.165) is 22.4 Å². The van der Waals surface area contributed by atoms with Crippen LogP contribution in [0.3, 0.4) is 0 Å². The van der Waals surface area contributed by atoms with Gasteiger partial charge in [-0.25, -0.2) is 0 Å². The maximum absolute atomic E-state index is 11.7. The standard InChI is InChI=1S/C11H12BrNO/c12-10-5-9(6-13-7-10)11(14)4-3-8-1-2-8/h5-8H,1-4H2. The largest absolute Gasteiger partial charge is 0.294 e. The van der Waals surface area contributed by atoms with E-state index in [4.69, 9.17) is 0 Å². The predicted octanol–water partition coefficient (Wildman–Crippen LogP) is 3.22. The Hall–Kier alpha value is -0.700. The molecule has 2 nitrogen and oxygen atoms in total. The molecule has 0 spiro atoms. The van der Waals surface area contributed by atoms with Crippen molar-refractivity contribution in [3.05, 3.63) is 28.5 Å². The molecule has 2 rings (SSSR count). The Balaban J connectivity index is 1.95. The zero-order valence-electron chi connectivity index (χ0n) is 7.87. The van der Waals surface area contributed by atoms with Gasteiger partial charge < -0.3 is 0 Å². The van der Waals surface area contributed by atoms with Gasteiger partial charge in [0.2, 0.25) is 0 Å². The summed E-state index contributed by atoms with van der Waals surface area (Å²) in [5.41, 5.74) is 0.722. The van der Waals surface area contributed by atoms with Crippen LogP contribution in [0.1, 0.15) is 36.0 Å². The number of hydrogen-bond donors (Lipinski definition) is 0. The summed E-state index contributed by atoms with van der Waals surface area (Å²) < 4.78 is 0.870. The summed E-state index contributed by atoms with van der Waals surface area (Å²) in [6, 6.07) is 1.84. The first-order chi connectivity index (χ1) is 6.75. The van der Waals surface area contributed by atoms with Gasteiger partial charge in [0.15, 0.2) is 5.78 Å². The summed E-state index contributed by atoms with van der Waals surface area (Å²) in [7, 11) is 0. The highest BCUT2D eigenvalue weighted by molar-refractivity contribution is 9.10. The minimum Gasteiger partial charge on any atom is -0.294 e. The monoisotopic (exact) mass is 253 g/mol. The number of rotatable bonds is 4. The maximum atomic E-state index is 11.7. The lowest BCUT2D eigenvalue weighted by molar-refractivity contribution is 0.0977. The lowest BCUT2D eigenvalue weighted by atomic mass is 10.1. The summed E-state index contributed by atoms with van der Waals surface area (Å²) in [6.45, 7) is 0. The zero-order valence-corrected chi connectivity index (χ0v) is 9.46. The fourth-order valence-corrected chi connectivity index (χ4v) is 1.82. The van der Waals surface area contributed by atoms with Gasteiger partial charge >= 0.3 is 0 Å². The molecule has 1 aliphatic carbocycles. The van der Waals surface area contributed by atoms with Crippen molar-refractivity contribution in [3.8, 4) is 0 Å². The molecule has 0 atom stereocenters. The number of carbonyl (C=O) groups is 1. The van der Waals surface area contributed by atoms with E-state index in [-0.39, 0.29) is 5.78 Å². The third-order valence-electron chi connectivity index (χ3n) is 2.50. The average molecular weight is 254 g/mol. The average Bonchev–Trinajstić information content (AvgIpc) is 2.97. The first-order valence-corrected chi connectivity index (χ1v) is 5.69. The fourth-order valence-electron chi connectivity index (χ4n) is 1.45. The van der Waals surface area contributed by atoms with Crippen LogP contribution in [0.4, 0.5) is 0 Å². The molecule has 0 saturated heterocycles. The number of Topliss-reactive ketones (excluding diaryl/α,β-unsaturated/α-hetero) is 1. The Labute approximate surface area is 91.9 Å². The van der Waals surface area contributed by atoms with Crippen molar-refractivity contribution in [1.29, 1.82) is 0 Å². The van der Waals surface area contributed by atoms with Crippen molar-refractivity contribution in [2.24, 2.45) is 5.92 Å². The number of halogens is 1. The number of pyridine rings is 1. The Morgan fingerprint density at radius 2 is 2.29 bits per heavy atom. The number of carbonyl (C=O) groups excluding carboxylic acids is 1. The van der Waals surface area contributed by atoms with Gasteiger partial charge in [-0.2, -0.15) is 0 Å². The normalized spacial score (nSPS) is 15.5. The Kier molecular flexibility index (Phi) is 2.96. The van der Waals surface area contributed by atoms with Crippen molar-refractivity contribution >= 4 is 21.7 Å². The first-order valence-electron chi connectivity index (χ1n) is 4.89. The molecule has 3 heteroatoms. The molecule has 1 fully saturated rings. The van der Waals surface area contributed by atoms with Crippen LogP contribution in [0, 0.1) is 5.92 Å². The van der Waals surface area contributed by atoms with Gasteiger partial charge in [0.25, 0.3) is 0 Å². The van der Waals surface area contributed by atoms with Gasteiger partial charge in [0.05, 0.1) is 0 Å². The van der Waals surface area contributed by atoms with Crippen LogP contribution in [-0.4, -0.2) is 10.8 Å². The summed E-state index contributed by atoms with van der Waals surface area (Å²) in [5, 5.41) is 0. The molecule has 1 heterocycles. The lowest BCUT2D eigenvalue weighted by Crippen LogP contribution is -2.00. The van der Waals surface area contributed by atoms with Gasteiger partial charge in [0.1, 0.15) is 0 Å². The topological polar surface area (TPSA) is 30.0 Å². The minimum absolute atomic E-state index is 0.214. The highest BCUT2D eigenvalue weighted by Gasteiger charge is 2.22. The second kappa shape index (κ2) is 4.22. The summed E-state index contributed by atoms with van der Waals surface area (Å²) in [4.78, 5) is 15.6. The molecule has 14 heavy (non-hydrogen) atoms. The van der Waals surface area contributed by atoms with Crippen LogP contribution >= 0.6 is 15.9 Å². The number of hydrogen-bond acceptors (Lipinski definition) is 2. The first kappa shape index (κ1) is 9.84. The number of ketones is 1. The second-order valence-electron chi connectivity index (χ2n) is 3.80. The molecule has 1 saturated carbocycles. The molecule has 0 N–H and O–H groups in total.